The molecule has 2 aromatic heterocycles. The van der Waals surface area contributed by atoms with Gasteiger partial charge in [0.2, 0.25) is 0 Å². The fourth-order valence-corrected chi connectivity index (χ4v) is 5.23. The molecule has 4 aromatic rings. The molecule has 7 nitrogen and oxygen atoms in total. The van der Waals surface area contributed by atoms with E-state index in [1.807, 2.05) is 61.0 Å². The summed E-state index contributed by atoms with van der Waals surface area (Å²) < 4.78 is 8.69. The topological polar surface area (TPSA) is 92.8 Å². The average Bonchev–Trinajstić information content (AvgIpc) is 3.39. The second-order valence-corrected chi connectivity index (χ2v) is 10.8. The van der Waals surface area contributed by atoms with E-state index >= 15 is 0 Å². The summed E-state index contributed by atoms with van der Waals surface area (Å²) in [6, 6.07) is 13.4. The number of ether oxygens (including phenoxy) is 1. The van der Waals surface area contributed by atoms with Crippen LogP contribution in [0.4, 0.5) is 10.5 Å². The summed E-state index contributed by atoms with van der Waals surface area (Å²) in [6.07, 6.45) is 11.1. The second kappa shape index (κ2) is 12.4. The molecule has 9 heteroatoms. The molecule has 1 aliphatic rings. The van der Waals surface area contributed by atoms with Crippen LogP contribution in [0.2, 0.25) is 5.02 Å². The minimum atomic E-state index is -0.501. The van der Waals surface area contributed by atoms with Crippen molar-refractivity contribution in [2.45, 2.75) is 32.1 Å². The predicted octanol–water partition coefficient (Wildman–Crippen LogP) is 8.53. The Labute approximate surface area is 242 Å². The fraction of sp³-hybridized carbons (Fsp3) is 0.226. The van der Waals surface area contributed by atoms with Gasteiger partial charge >= 0.3 is 6.09 Å². The largest absolute Gasteiger partial charge is 0.453 e. The Morgan fingerprint density at radius 1 is 1.25 bits per heavy atom. The normalized spacial score (nSPS) is 14.3. The average molecular weight is 572 g/mol. The van der Waals surface area contributed by atoms with Crippen molar-refractivity contribution in [1.82, 2.24) is 19.6 Å². The zero-order valence-corrected chi connectivity index (χ0v) is 23.9. The molecule has 0 bridgehead atoms. The van der Waals surface area contributed by atoms with Gasteiger partial charge in [-0.3, -0.25) is 5.32 Å². The Bertz CT molecular complexity index is 1550. The van der Waals surface area contributed by atoms with Crippen molar-refractivity contribution >= 4 is 40.5 Å². The van der Waals surface area contributed by atoms with Crippen LogP contribution < -0.4 is 5.32 Å². The summed E-state index contributed by atoms with van der Waals surface area (Å²) >= 11 is 7.71. The number of nitrogens with zero attached hydrogens (tertiary/aromatic N) is 3. The van der Waals surface area contributed by atoms with Crippen molar-refractivity contribution in [3.05, 3.63) is 101 Å². The molecule has 40 heavy (non-hydrogen) atoms. The summed E-state index contributed by atoms with van der Waals surface area (Å²) in [5.74, 6) is 1.65. The molecular weight excluding hydrogens is 542 g/mol. The highest BCUT2D eigenvalue weighted by Gasteiger charge is 2.29. The van der Waals surface area contributed by atoms with E-state index in [1.165, 1.54) is 31.5 Å². The van der Waals surface area contributed by atoms with Crippen molar-refractivity contribution in [1.29, 1.82) is 0 Å². The van der Waals surface area contributed by atoms with E-state index in [0.29, 0.717) is 16.6 Å². The number of imidazole rings is 1. The molecular formula is C31H30ClN5O2S. The van der Waals surface area contributed by atoms with Crippen LogP contribution in [0.1, 0.15) is 43.5 Å². The maximum Gasteiger partial charge on any atom is 0.411 e. The van der Waals surface area contributed by atoms with Crippen LogP contribution in [0.15, 0.2) is 84.4 Å². The minimum Gasteiger partial charge on any atom is -0.453 e. The predicted molar refractivity (Wildman–Crippen MR) is 162 cm³/mol. The van der Waals surface area contributed by atoms with Crippen molar-refractivity contribution in [2.24, 2.45) is 5.92 Å². The second-order valence-electron chi connectivity index (χ2n) is 9.74. The van der Waals surface area contributed by atoms with Gasteiger partial charge in [-0.25, -0.2) is 9.78 Å². The van der Waals surface area contributed by atoms with Gasteiger partial charge in [0, 0.05) is 27.6 Å². The summed E-state index contributed by atoms with van der Waals surface area (Å²) in [5, 5.41) is 9.53. The van der Waals surface area contributed by atoms with Crippen LogP contribution in [0.3, 0.4) is 0 Å². The SMILES string of the molecule is C=C(/C=C\C(=C/C)c1cc(Cl)ccc1-c1csnn1)C(CC1CC1)c1ncc(-c2ccc(NC(=O)OC)cc2)[nH]1. The summed E-state index contributed by atoms with van der Waals surface area (Å²) in [7, 11) is 1.34. The monoisotopic (exact) mass is 571 g/mol. The first kappa shape index (κ1) is 27.6. The highest BCUT2D eigenvalue weighted by Crippen LogP contribution is 2.41. The third-order valence-corrected chi connectivity index (χ3v) is 7.72. The van der Waals surface area contributed by atoms with E-state index in [-0.39, 0.29) is 5.92 Å². The number of allylic oxidation sites excluding steroid dienone is 5. The van der Waals surface area contributed by atoms with Gasteiger partial charge in [0.15, 0.2) is 0 Å². The van der Waals surface area contributed by atoms with Gasteiger partial charge in [-0.15, -0.1) is 5.10 Å². The number of H-pyrrole nitrogens is 1. The maximum atomic E-state index is 11.5. The van der Waals surface area contributed by atoms with Crippen molar-refractivity contribution in [3.8, 4) is 22.5 Å². The number of hydrogen-bond donors (Lipinski definition) is 2. The Hall–Kier alpha value is -4.01. The smallest absolute Gasteiger partial charge is 0.411 e. The van der Waals surface area contributed by atoms with E-state index in [1.54, 1.807) is 0 Å². The molecule has 1 atom stereocenters. The van der Waals surface area contributed by atoms with Gasteiger partial charge in [-0.2, -0.15) is 0 Å². The summed E-state index contributed by atoms with van der Waals surface area (Å²) in [5.41, 5.74) is 7.37. The van der Waals surface area contributed by atoms with Gasteiger partial charge in [-0.1, -0.05) is 71.9 Å². The number of aromatic nitrogens is 4. The lowest BCUT2D eigenvalue weighted by Gasteiger charge is -2.16. The highest BCUT2D eigenvalue weighted by molar-refractivity contribution is 7.03. The van der Waals surface area contributed by atoms with Crippen LogP contribution in [0, 0.1) is 5.92 Å². The minimum absolute atomic E-state index is 0.0671. The van der Waals surface area contributed by atoms with Crippen molar-refractivity contribution in [2.75, 3.05) is 12.4 Å². The molecule has 2 heterocycles. The Morgan fingerprint density at radius 3 is 2.73 bits per heavy atom. The number of rotatable bonds is 10. The molecule has 0 saturated heterocycles. The molecule has 5 rings (SSSR count). The molecule has 1 amide bonds. The molecule has 1 unspecified atom stereocenters. The van der Waals surface area contributed by atoms with Gasteiger partial charge in [0.05, 0.1) is 19.0 Å². The van der Waals surface area contributed by atoms with Crippen LogP contribution in [0.25, 0.3) is 28.1 Å². The first-order valence-corrected chi connectivity index (χ1v) is 14.3. The number of nitrogens with one attached hydrogen (secondary N) is 2. The lowest BCUT2D eigenvalue weighted by Crippen LogP contribution is -2.10. The molecule has 0 radical (unpaired) electrons. The van der Waals surface area contributed by atoms with Crippen molar-refractivity contribution < 1.29 is 9.53 Å². The van der Waals surface area contributed by atoms with Crippen LogP contribution >= 0.6 is 23.1 Å². The quantitative estimate of drug-likeness (QED) is 0.186. The first-order chi connectivity index (χ1) is 19.4. The zero-order chi connectivity index (χ0) is 28.1. The Kier molecular flexibility index (Phi) is 8.57. The molecule has 1 fully saturated rings. The molecule has 0 aliphatic heterocycles. The Balaban J connectivity index is 1.37. The number of halogens is 1. The van der Waals surface area contributed by atoms with Gasteiger partial charge in [0.25, 0.3) is 0 Å². The number of amides is 1. The highest BCUT2D eigenvalue weighted by atomic mass is 35.5. The lowest BCUT2D eigenvalue weighted by atomic mass is 9.91. The van der Waals surface area contributed by atoms with Crippen LogP contribution in [0.5, 0.6) is 0 Å². The summed E-state index contributed by atoms with van der Waals surface area (Å²) in [6.45, 7) is 6.47. The molecule has 0 spiro atoms. The number of carbonyl (C=O) groups is 1. The maximum absolute atomic E-state index is 11.5. The van der Waals surface area contributed by atoms with E-state index in [2.05, 4.69) is 49.4 Å². The number of anilines is 1. The van der Waals surface area contributed by atoms with E-state index in [0.717, 1.165) is 51.5 Å². The van der Waals surface area contributed by atoms with E-state index in [4.69, 9.17) is 16.6 Å². The van der Waals surface area contributed by atoms with Gasteiger partial charge < -0.3 is 9.72 Å². The third-order valence-electron chi connectivity index (χ3n) is 6.98. The molecule has 1 aliphatic carbocycles. The standard InChI is InChI=1S/C31H30ClN5O2S/c1-4-21(27-16-23(32)11-14-25(27)29-18-40-37-36-29)8-5-19(2)26(15-20-6-7-20)30-33-17-28(35-30)22-9-12-24(13-10-22)34-31(38)39-3/h4-5,8-14,16-18,20,26H,2,6-7,15H2,1,3H3,(H,33,35)(H,34,38)/b8-5-,21-4+. The van der Waals surface area contributed by atoms with Crippen LogP contribution in [-0.2, 0) is 4.74 Å². The lowest BCUT2D eigenvalue weighted by molar-refractivity contribution is 0.187. The van der Waals surface area contributed by atoms with Crippen molar-refractivity contribution in [3.63, 3.8) is 0 Å². The van der Waals surface area contributed by atoms with Gasteiger partial charge in [-0.05, 0) is 77.3 Å². The fourth-order valence-electron chi connectivity index (χ4n) is 4.60. The number of carbonyl (C=O) groups excluding carboxylic acids is 1. The molecule has 1 saturated carbocycles. The number of hydrogen-bond acceptors (Lipinski definition) is 6. The third kappa shape index (κ3) is 6.58. The zero-order valence-electron chi connectivity index (χ0n) is 22.4. The Morgan fingerprint density at radius 2 is 2.05 bits per heavy atom. The van der Waals surface area contributed by atoms with Gasteiger partial charge in [0.1, 0.15) is 11.5 Å². The number of methoxy groups -OCH3 is 1. The van der Waals surface area contributed by atoms with E-state index in [9.17, 15) is 4.79 Å². The van der Waals surface area contributed by atoms with Crippen LogP contribution in [-0.4, -0.2) is 32.8 Å². The number of benzene rings is 2. The molecule has 2 aromatic carbocycles. The van der Waals surface area contributed by atoms with E-state index < -0.39 is 6.09 Å². The summed E-state index contributed by atoms with van der Waals surface area (Å²) in [4.78, 5) is 19.8. The molecule has 204 valence electrons. The first-order valence-electron chi connectivity index (χ1n) is 13.1. The molecule has 2 N–H and O–H groups in total. The number of aromatic amines is 1.